The number of anilines is 1. The van der Waals surface area contributed by atoms with Crippen molar-refractivity contribution in [3.05, 3.63) is 95.6 Å². The van der Waals surface area contributed by atoms with Crippen LogP contribution in [0.4, 0.5) is 5.69 Å². The molecule has 0 aliphatic heterocycles. The Morgan fingerprint density at radius 3 is 2.11 bits per heavy atom. The fourth-order valence-electron chi connectivity index (χ4n) is 3.41. The summed E-state index contributed by atoms with van der Waals surface area (Å²) in [5, 5.41) is 20.1. The molecule has 0 aliphatic rings. The fourth-order valence-corrected chi connectivity index (χ4v) is 3.41. The Hall–Kier alpha value is -4.66. The highest BCUT2D eigenvalue weighted by Gasteiger charge is 2.30. The van der Waals surface area contributed by atoms with Gasteiger partial charge in [-0.15, -0.1) is 0 Å². The second-order valence-corrected chi connectivity index (χ2v) is 7.40. The number of para-hydroxylation sites is 1. The van der Waals surface area contributed by atoms with Crippen LogP contribution in [0.25, 0.3) is 0 Å². The lowest BCUT2D eigenvalue weighted by molar-refractivity contribution is -0.129. The van der Waals surface area contributed by atoms with Crippen LogP contribution in [0, 0.1) is 5.41 Å². The van der Waals surface area contributed by atoms with Crippen LogP contribution in [0.5, 0.6) is 5.75 Å². The standard InChI is InChI=1S/C25H26N4O3.CH2O2/c1-16(20-10-6-7-11-21(20)32-2)28-24(30)22(17-8-4-3-5-9-17)25(31)29-19-14-12-18(13-15-19)23(26)27;2-1-3/h3-16,22H,1-2H3,(H3,26,27)(H,28,30)(H,29,31);1H,(H,2,3)/t16-,22?;/m0./s1. The van der Waals surface area contributed by atoms with E-state index < -0.39 is 17.7 Å². The molecule has 9 nitrogen and oxygen atoms in total. The zero-order valence-electron chi connectivity index (χ0n) is 19.4. The second-order valence-electron chi connectivity index (χ2n) is 7.40. The summed E-state index contributed by atoms with van der Waals surface area (Å²) in [4.78, 5) is 34.8. The molecule has 0 aliphatic carbocycles. The summed E-state index contributed by atoms with van der Waals surface area (Å²) in [6.07, 6.45) is 0. The predicted molar refractivity (Wildman–Crippen MR) is 134 cm³/mol. The van der Waals surface area contributed by atoms with Crippen LogP contribution in [0.3, 0.4) is 0 Å². The van der Waals surface area contributed by atoms with E-state index in [0.717, 1.165) is 5.56 Å². The molecule has 0 aromatic heterocycles. The number of amidine groups is 1. The van der Waals surface area contributed by atoms with Gasteiger partial charge in [0.25, 0.3) is 6.47 Å². The van der Waals surface area contributed by atoms with Gasteiger partial charge in [0.2, 0.25) is 11.8 Å². The molecule has 35 heavy (non-hydrogen) atoms. The van der Waals surface area contributed by atoms with Gasteiger partial charge < -0.3 is 26.2 Å². The number of hydrogen-bond acceptors (Lipinski definition) is 5. The van der Waals surface area contributed by atoms with E-state index in [1.165, 1.54) is 0 Å². The number of hydrogen-bond donors (Lipinski definition) is 5. The Morgan fingerprint density at radius 1 is 0.971 bits per heavy atom. The number of ether oxygens (including phenoxy) is 1. The van der Waals surface area contributed by atoms with Crippen molar-refractivity contribution in [1.82, 2.24) is 5.32 Å². The number of carbonyl (C=O) groups excluding carboxylic acids is 2. The van der Waals surface area contributed by atoms with Gasteiger partial charge in [-0.25, -0.2) is 0 Å². The molecule has 0 saturated carbocycles. The Morgan fingerprint density at radius 2 is 1.54 bits per heavy atom. The summed E-state index contributed by atoms with van der Waals surface area (Å²) in [5.74, 6) is -1.34. The minimum Gasteiger partial charge on any atom is -0.496 e. The van der Waals surface area contributed by atoms with Crippen LogP contribution in [0.15, 0.2) is 78.9 Å². The van der Waals surface area contributed by atoms with Gasteiger partial charge in [0.05, 0.1) is 13.2 Å². The molecule has 6 N–H and O–H groups in total. The molecule has 0 spiro atoms. The first-order valence-electron chi connectivity index (χ1n) is 10.6. The molecule has 1 unspecified atom stereocenters. The van der Waals surface area contributed by atoms with Crippen molar-refractivity contribution < 1.29 is 24.2 Å². The maximum Gasteiger partial charge on any atom is 0.290 e. The molecular weight excluding hydrogens is 448 g/mol. The number of carbonyl (C=O) groups is 3. The first-order valence-corrected chi connectivity index (χ1v) is 10.6. The molecule has 0 radical (unpaired) electrons. The first-order chi connectivity index (χ1) is 16.8. The molecule has 2 amide bonds. The minimum absolute atomic E-state index is 0.0604. The number of rotatable bonds is 8. The lowest BCUT2D eigenvalue weighted by Crippen LogP contribution is -2.38. The minimum atomic E-state index is -1.05. The van der Waals surface area contributed by atoms with Gasteiger partial charge in [0.15, 0.2) is 0 Å². The number of nitrogens with one attached hydrogen (secondary N) is 3. The largest absolute Gasteiger partial charge is 0.496 e. The maximum atomic E-state index is 13.2. The van der Waals surface area contributed by atoms with Gasteiger partial charge >= 0.3 is 0 Å². The van der Waals surface area contributed by atoms with Crippen molar-refractivity contribution in [2.45, 2.75) is 18.9 Å². The Bertz CT molecular complexity index is 1150. The SMILES string of the molecule is COc1ccccc1[C@H](C)NC(=O)C(C(=O)Nc1ccc(C(=N)N)cc1)c1ccccc1.O=CO. The van der Waals surface area contributed by atoms with Crippen LogP contribution in [0.2, 0.25) is 0 Å². The van der Waals surface area contributed by atoms with Crippen LogP contribution < -0.4 is 21.1 Å². The van der Waals surface area contributed by atoms with Crippen molar-refractivity contribution in [3.63, 3.8) is 0 Å². The lowest BCUT2D eigenvalue weighted by Gasteiger charge is -2.22. The second kappa shape index (κ2) is 13.1. The van der Waals surface area contributed by atoms with Gasteiger partial charge in [0.1, 0.15) is 17.5 Å². The van der Waals surface area contributed by atoms with E-state index in [2.05, 4.69) is 10.6 Å². The molecule has 0 heterocycles. The Kier molecular flexibility index (Phi) is 9.99. The highest BCUT2D eigenvalue weighted by molar-refractivity contribution is 6.11. The van der Waals surface area contributed by atoms with Crippen LogP contribution in [0.1, 0.15) is 35.6 Å². The normalized spacial score (nSPS) is 11.6. The fraction of sp³-hybridized carbons (Fsp3) is 0.154. The smallest absolute Gasteiger partial charge is 0.290 e. The predicted octanol–water partition coefficient (Wildman–Crippen LogP) is 3.28. The summed E-state index contributed by atoms with van der Waals surface area (Å²) in [7, 11) is 1.57. The zero-order chi connectivity index (χ0) is 25.8. The van der Waals surface area contributed by atoms with E-state index in [1.54, 1.807) is 55.6 Å². The summed E-state index contributed by atoms with van der Waals surface area (Å²) in [6.45, 7) is 1.59. The van der Waals surface area contributed by atoms with Gasteiger partial charge in [0, 0.05) is 16.8 Å². The van der Waals surface area contributed by atoms with Crippen molar-refractivity contribution >= 4 is 29.8 Å². The van der Waals surface area contributed by atoms with Crippen molar-refractivity contribution in [1.29, 1.82) is 5.41 Å². The lowest BCUT2D eigenvalue weighted by atomic mass is 9.96. The van der Waals surface area contributed by atoms with Crippen LogP contribution in [-0.4, -0.2) is 36.3 Å². The quantitative estimate of drug-likeness (QED) is 0.145. The summed E-state index contributed by atoms with van der Waals surface area (Å²) >= 11 is 0. The number of nitrogens with two attached hydrogens (primary N) is 1. The molecule has 2 atom stereocenters. The summed E-state index contributed by atoms with van der Waals surface area (Å²) in [5.41, 5.74) is 7.93. The number of methoxy groups -OCH3 is 1. The summed E-state index contributed by atoms with van der Waals surface area (Å²) in [6, 6.07) is 22.5. The molecule has 0 fully saturated rings. The van der Waals surface area contributed by atoms with Crippen LogP contribution in [-0.2, 0) is 14.4 Å². The molecule has 182 valence electrons. The third-order valence-corrected chi connectivity index (χ3v) is 5.08. The Labute approximate surface area is 203 Å². The van der Waals surface area contributed by atoms with E-state index in [4.69, 9.17) is 25.8 Å². The van der Waals surface area contributed by atoms with E-state index in [0.29, 0.717) is 22.6 Å². The van der Waals surface area contributed by atoms with Crippen LogP contribution >= 0.6 is 0 Å². The van der Waals surface area contributed by atoms with Crippen molar-refractivity contribution in [2.24, 2.45) is 5.73 Å². The summed E-state index contributed by atoms with van der Waals surface area (Å²) < 4.78 is 5.39. The number of amides is 2. The van der Waals surface area contributed by atoms with E-state index in [9.17, 15) is 9.59 Å². The average Bonchev–Trinajstić information content (AvgIpc) is 2.85. The van der Waals surface area contributed by atoms with Crippen molar-refractivity contribution in [3.8, 4) is 5.75 Å². The van der Waals surface area contributed by atoms with Gasteiger partial charge in [-0.05, 0) is 42.8 Å². The Balaban J connectivity index is 0.00000137. The van der Waals surface area contributed by atoms with Gasteiger partial charge in [-0.2, -0.15) is 0 Å². The molecular formula is C26H28N4O5. The van der Waals surface area contributed by atoms with Gasteiger partial charge in [-0.1, -0.05) is 48.5 Å². The third kappa shape index (κ3) is 7.43. The number of nitrogen functional groups attached to an aromatic ring is 1. The molecule has 3 aromatic rings. The molecule has 0 saturated heterocycles. The highest BCUT2D eigenvalue weighted by Crippen LogP contribution is 2.26. The molecule has 9 heteroatoms. The number of benzene rings is 3. The van der Waals surface area contributed by atoms with E-state index in [1.807, 2.05) is 37.3 Å². The maximum absolute atomic E-state index is 13.2. The first kappa shape index (κ1) is 26.6. The van der Waals surface area contributed by atoms with Gasteiger partial charge in [-0.3, -0.25) is 19.8 Å². The molecule has 3 aromatic carbocycles. The van der Waals surface area contributed by atoms with E-state index in [-0.39, 0.29) is 18.3 Å². The number of carboxylic acid groups (broad SMARTS) is 1. The zero-order valence-corrected chi connectivity index (χ0v) is 19.4. The highest BCUT2D eigenvalue weighted by atomic mass is 16.5. The topological polar surface area (TPSA) is 155 Å². The molecule has 3 rings (SSSR count). The average molecular weight is 477 g/mol. The van der Waals surface area contributed by atoms with E-state index >= 15 is 0 Å². The molecule has 0 bridgehead atoms. The third-order valence-electron chi connectivity index (χ3n) is 5.08. The monoisotopic (exact) mass is 476 g/mol. The van der Waals surface area contributed by atoms with Crippen molar-refractivity contribution in [2.75, 3.05) is 12.4 Å².